The van der Waals surface area contributed by atoms with Crippen molar-refractivity contribution in [2.75, 3.05) is 13.1 Å². The van der Waals surface area contributed by atoms with Crippen LogP contribution < -0.4 is 10.1 Å². The van der Waals surface area contributed by atoms with Crippen molar-refractivity contribution in [1.29, 1.82) is 0 Å². The third-order valence-corrected chi connectivity index (χ3v) is 4.85. The van der Waals surface area contributed by atoms with Gasteiger partial charge >= 0.3 is 5.97 Å². The predicted molar refractivity (Wildman–Crippen MR) is 96.8 cm³/mol. The first kappa shape index (κ1) is 17.5. The van der Waals surface area contributed by atoms with Crippen LogP contribution in [0.15, 0.2) is 54.6 Å². The minimum atomic E-state index is -0.440. The molecule has 0 aliphatic carbocycles. The molecule has 0 spiro atoms. The highest BCUT2D eigenvalue weighted by molar-refractivity contribution is 5.89. The standard InChI is InChI=1S/C21H25NO3/c1-21(2,17-12-14-22-15-13-17)25-20(23)16-8-10-19(11-9-16)24-18-6-4-3-5-7-18/h3-11,17,22H,12-15H2,1-2H3/p+1. The van der Waals surface area contributed by atoms with Gasteiger partial charge in [-0.3, -0.25) is 0 Å². The van der Waals surface area contributed by atoms with Crippen LogP contribution in [-0.4, -0.2) is 24.7 Å². The van der Waals surface area contributed by atoms with Crippen LogP contribution in [0.5, 0.6) is 11.5 Å². The summed E-state index contributed by atoms with van der Waals surface area (Å²) in [5.41, 5.74) is 0.112. The van der Waals surface area contributed by atoms with Gasteiger partial charge in [0.2, 0.25) is 0 Å². The van der Waals surface area contributed by atoms with E-state index in [9.17, 15) is 4.79 Å². The summed E-state index contributed by atoms with van der Waals surface area (Å²) in [7, 11) is 0. The third kappa shape index (κ3) is 4.60. The van der Waals surface area contributed by atoms with Crippen molar-refractivity contribution in [2.24, 2.45) is 5.92 Å². The smallest absolute Gasteiger partial charge is 0.338 e. The van der Waals surface area contributed by atoms with Crippen molar-refractivity contribution in [3.63, 3.8) is 0 Å². The quantitative estimate of drug-likeness (QED) is 0.849. The van der Waals surface area contributed by atoms with Gasteiger partial charge in [0.1, 0.15) is 17.1 Å². The monoisotopic (exact) mass is 340 g/mol. The molecule has 2 aromatic rings. The number of quaternary nitrogens is 1. The Morgan fingerprint density at radius 1 is 0.960 bits per heavy atom. The zero-order valence-electron chi connectivity index (χ0n) is 14.9. The average molecular weight is 340 g/mol. The number of hydrogen-bond donors (Lipinski definition) is 1. The van der Waals surface area contributed by atoms with E-state index in [0.29, 0.717) is 17.2 Å². The molecule has 132 valence electrons. The summed E-state index contributed by atoms with van der Waals surface area (Å²) in [6, 6.07) is 16.7. The summed E-state index contributed by atoms with van der Waals surface area (Å²) in [4.78, 5) is 12.5. The Balaban J connectivity index is 1.62. The molecular formula is C21H26NO3+. The fourth-order valence-electron chi connectivity index (χ4n) is 3.29. The number of carbonyl (C=O) groups excluding carboxylic acids is 1. The Morgan fingerprint density at radius 3 is 2.20 bits per heavy atom. The average Bonchev–Trinajstić information content (AvgIpc) is 2.63. The summed E-state index contributed by atoms with van der Waals surface area (Å²) in [6.07, 6.45) is 2.17. The Hall–Kier alpha value is -2.33. The normalized spacial score (nSPS) is 15.6. The molecule has 1 fully saturated rings. The van der Waals surface area contributed by atoms with Crippen LogP contribution in [0.4, 0.5) is 0 Å². The van der Waals surface area contributed by atoms with Gasteiger partial charge in [0.25, 0.3) is 0 Å². The Kier molecular flexibility index (Phi) is 5.39. The number of piperidine rings is 1. The molecule has 0 bridgehead atoms. The van der Waals surface area contributed by atoms with E-state index in [1.165, 1.54) is 0 Å². The molecule has 3 rings (SSSR count). The van der Waals surface area contributed by atoms with Crippen LogP contribution >= 0.6 is 0 Å². The van der Waals surface area contributed by atoms with E-state index < -0.39 is 5.60 Å². The highest BCUT2D eigenvalue weighted by atomic mass is 16.6. The second-order valence-corrected chi connectivity index (χ2v) is 7.07. The number of nitrogens with two attached hydrogens (primary N) is 1. The summed E-state index contributed by atoms with van der Waals surface area (Å²) in [6.45, 7) is 6.26. The summed E-state index contributed by atoms with van der Waals surface area (Å²) in [5.74, 6) is 1.62. The van der Waals surface area contributed by atoms with Crippen molar-refractivity contribution < 1.29 is 19.6 Å². The summed E-state index contributed by atoms with van der Waals surface area (Å²) < 4.78 is 11.6. The van der Waals surface area contributed by atoms with Gasteiger partial charge in [-0.1, -0.05) is 18.2 Å². The zero-order valence-corrected chi connectivity index (χ0v) is 14.9. The second-order valence-electron chi connectivity index (χ2n) is 7.07. The number of rotatable bonds is 5. The maximum atomic E-state index is 12.5. The maximum Gasteiger partial charge on any atom is 0.338 e. The van der Waals surface area contributed by atoms with E-state index in [1.807, 2.05) is 44.2 Å². The van der Waals surface area contributed by atoms with E-state index in [-0.39, 0.29) is 5.97 Å². The van der Waals surface area contributed by atoms with Gasteiger partial charge in [-0.05, 0) is 50.2 Å². The number of esters is 1. The van der Waals surface area contributed by atoms with Crippen molar-refractivity contribution in [1.82, 2.24) is 0 Å². The van der Waals surface area contributed by atoms with Gasteiger partial charge in [-0.25, -0.2) is 4.79 Å². The molecule has 0 unspecified atom stereocenters. The molecule has 2 N–H and O–H groups in total. The number of benzene rings is 2. The molecule has 1 heterocycles. The van der Waals surface area contributed by atoms with Gasteiger partial charge in [-0.15, -0.1) is 0 Å². The number of para-hydroxylation sites is 1. The highest BCUT2D eigenvalue weighted by Gasteiger charge is 2.35. The fraction of sp³-hybridized carbons (Fsp3) is 0.381. The summed E-state index contributed by atoms with van der Waals surface area (Å²) >= 11 is 0. The lowest BCUT2D eigenvalue weighted by molar-refractivity contribution is -0.665. The van der Waals surface area contributed by atoms with Gasteiger partial charge in [-0.2, -0.15) is 0 Å². The number of carbonyl (C=O) groups is 1. The van der Waals surface area contributed by atoms with Gasteiger partial charge in [0, 0.05) is 18.8 Å². The molecule has 1 aliphatic heterocycles. The molecule has 0 aromatic heterocycles. The first-order valence-electron chi connectivity index (χ1n) is 8.92. The molecular weight excluding hydrogens is 314 g/mol. The minimum Gasteiger partial charge on any atom is -0.457 e. The third-order valence-electron chi connectivity index (χ3n) is 4.85. The zero-order chi connectivity index (χ0) is 17.7. The molecule has 0 atom stereocenters. The topological polar surface area (TPSA) is 52.1 Å². The van der Waals surface area contributed by atoms with E-state index in [4.69, 9.17) is 9.47 Å². The van der Waals surface area contributed by atoms with E-state index >= 15 is 0 Å². The lowest BCUT2D eigenvalue weighted by Gasteiger charge is -2.35. The Labute approximate surface area is 149 Å². The largest absolute Gasteiger partial charge is 0.457 e. The van der Waals surface area contributed by atoms with Crippen LogP contribution in [0, 0.1) is 5.92 Å². The van der Waals surface area contributed by atoms with Gasteiger partial charge in [0.05, 0.1) is 18.7 Å². The highest BCUT2D eigenvalue weighted by Crippen LogP contribution is 2.29. The second kappa shape index (κ2) is 7.70. The SMILES string of the molecule is CC(C)(OC(=O)c1ccc(Oc2ccccc2)cc1)C1CC[NH2+]CC1. The van der Waals surface area contributed by atoms with E-state index in [2.05, 4.69) is 5.32 Å². The van der Waals surface area contributed by atoms with Crippen LogP contribution in [0.2, 0.25) is 0 Å². The van der Waals surface area contributed by atoms with Crippen molar-refractivity contribution in [3.05, 3.63) is 60.2 Å². The van der Waals surface area contributed by atoms with E-state index in [0.717, 1.165) is 31.7 Å². The van der Waals surface area contributed by atoms with Crippen LogP contribution in [0.1, 0.15) is 37.0 Å². The van der Waals surface area contributed by atoms with E-state index in [1.54, 1.807) is 24.3 Å². The lowest BCUT2D eigenvalue weighted by Crippen LogP contribution is -2.86. The predicted octanol–water partition coefficient (Wildman–Crippen LogP) is 3.39. The van der Waals surface area contributed by atoms with Gasteiger partial charge in [0.15, 0.2) is 0 Å². The number of hydrogen-bond acceptors (Lipinski definition) is 3. The van der Waals surface area contributed by atoms with Crippen LogP contribution in [0.25, 0.3) is 0 Å². The van der Waals surface area contributed by atoms with Crippen LogP contribution in [0.3, 0.4) is 0 Å². The van der Waals surface area contributed by atoms with Crippen molar-refractivity contribution in [3.8, 4) is 11.5 Å². The molecule has 2 aromatic carbocycles. The Morgan fingerprint density at radius 2 is 1.56 bits per heavy atom. The molecule has 4 nitrogen and oxygen atoms in total. The minimum absolute atomic E-state index is 0.272. The molecule has 1 aliphatic rings. The number of ether oxygens (including phenoxy) is 2. The molecule has 1 saturated heterocycles. The molecule has 0 amide bonds. The molecule has 4 heteroatoms. The molecule has 25 heavy (non-hydrogen) atoms. The van der Waals surface area contributed by atoms with Crippen molar-refractivity contribution in [2.45, 2.75) is 32.3 Å². The maximum absolute atomic E-state index is 12.5. The fourth-order valence-corrected chi connectivity index (χ4v) is 3.29. The lowest BCUT2D eigenvalue weighted by atomic mass is 9.83. The van der Waals surface area contributed by atoms with Crippen LogP contribution in [-0.2, 0) is 4.74 Å². The first-order valence-corrected chi connectivity index (χ1v) is 8.92. The molecule has 0 saturated carbocycles. The Bertz CT molecular complexity index is 689. The molecule has 0 radical (unpaired) electrons. The van der Waals surface area contributed by atoms with Gasteiger partial charge < -0.3 is 14.8 Å². The van der Waals surface area contributed by atoms with Crippen molar-refractivity contribution >= 4 is 5.97 Å². The summed E-state index contributed by atoms with van der Waals surface area (Å²) in [5, 5.41) is 2.32. The first-order chi connectivity index (χ1) is 12.0.